The number of hydrogen-bond donors (Lipinski definition) is 0. The summed E-state index contributed by atoms with van der Waals surface area (Å²) in [6.45, 7) is 5.61. The van der Waals surface area contributed by atoms with Gasteiger partial charge < -0.3 is 13.7 Å². The first-order valence-electron chi connectivity index (χ1n) is 10.4. The Bertz CT molecular complexity index is 1130. The van der Waals surface area contributed by atoms with E-state index in [1.165, 1.54) is 11.8 Å². The maximum absolute atomic E-state index is 5.90. The van der Waals surface area contributed by atoms with Crippen LogP contribution in [-0.2, 0) is 18.9 Å². The number of nitrogens with zero attached hydrogens (tertiary/aromatic N) is 5. The molecule has 0 amide bonds. The summed E-state index contributed by atoms with van der Waals surface area (Å²) in [7, 11) is 0. The highest BCUT2D eigenvalue weighted by Gasteiger charge is 2.16. The van der Waals surface area contributed by atoms with Gasteiger partial charge in [-0.2, -0.15) is 0 Å². The maximum Gasteiger partial charge on any atom is 0.247 e. The molecule has 2 aromatic heterocycles. The largest absolute Gasteiger partial charge is 0.486 e. The Labute approximate surface area is 199 Å². The van der Waals surface area contributed by atoms with Crippen molar-refractivity contribution in [2.24, 2.45) is 5.92 Å². The molecule has 7 nitrogen and oxygen atoms in total. The van der Waals surface area contributed by atoms with Crippen molar-refractivity contribution in [1.29, 1.82) is 0 Å². The summed E-state index contributed by atoms with van der Waals surface area (Å²) < 4.78 is 14.9. The minimum absolute atomic E-state index is 0.365. The van der Waals surface area contributed by atoms with Crippen LogP contribution in [0, 0.1) is 5.92 Å². The van der Waals surface area contributed by atoms with Gasteiger partial charge in [0.2, 0.25) is 11.8 Å². The standard InChI is InChI=1S/C23H24BrN5O2S/c1-16(2)12-13-29-20(14-30-19-6-4-3-5-7-19)25-28-23(29)32-15-21-26-27-22(31-21)17-8-10-18(24)11-9-17/h3-11,16H,12-15H2,1-2H3. The lowest BCUT2D eigenvalue weighted by molar-refractivity contribution is 0.285. The zero-order chi connectivity index (χ0) is 22.3. The highest BCUT2D eigenvalue weighted by Crippen LogP contribution is 2.26. The first kappa shape index (κ1) is 22.5. The predicted octanol–water partition coefficient (Wildman–Crippen LogP) is 6.01. The van der Waals surface area contributed by atoms with E-state index in [-0.39, 0.29) is 0 Å². The molecule has 4 aromatic rings. The molecule has 4 rings (SSSR count). The highest BCUT2D eigenvalue weighted by molar-refractivity contribution is 9.10. The molecule has 0 radical (unpaired) electrons. The molecular formula is C23H24BrN5O2S. The maximum atomic E-state index is 5.90. The fourth-order valence-corrected chi connectivity index (χ4v) is 4.04. The molecule has 0 saturated heterocycles. The van der Waals surface area contributed by atoms with Gasteiger partial charge in [-0.15, -0.1) is 20.4 Å². The van der Waals surface area contributed by atoms with E-state index in [2.05, 4.69) is 54.7 Å². The Morgan fingerprint density at radius 3 is 2.53 bits per heavy atom. The number of halogens is 1. The Kier molecular flexibility index (Phi) is 7.59. The molecule has 166 valence electrons. The molecule has 0 atom stereocenters. The van der Waals surface area contributed by atoms with E-state index in [1.807, 2.05) is 54.6 Å². The second kappa shape index (κ2) is 10.8. The molecule has 9 heteroatoms. The third-order valence-corrected chi connectivity index (χ3v) is 6.20. The van der Waals surface area contributed by atoms with Gasteiger partial charge in [0, 0.05) is 16.6 Å². The van der Waals surface area contributed by atoms with E-state index in [1.54, 1.807) is 0 Å². The lowest BCUT2D eigenvalue weighted by Crippen LogP contribution is -2.10. The van der Waals surface area contributed by atoms with Crippen molar-refractivity contribution in [2.45, 2.75) is 44.3 Å². The van der Waals surface area contributed by atoms with E-state index in [4.69, 9.17) is 9.15 Å². The number of thioether (sulfide) groups is 1. The van der Waals surface area contributed by atoms with Gasteiger partial charge in [-0.25, -0.2) is 0 Å². The van der Waals surface area contributed by atoms with Crippen LogP contribution >= 0.6 is 27.7 Å². The van der Waals surface area contributed by atoms with Gasteiger partial charge in [-0.3, -0.25) is 0 Å². The third kappa shape index (κ3) is 5.98. The van der Waals surface area contributed by atoms with Crippen molar-refractivity contribution in [3.05, 3.63) is 70.8 Å². The molecule has 0 unspecified atom stereocenters. The van der Waals surface area contributed by atoms with Gasteiger partial charge in [0.25, 0.3) is 0 Å². The number of para-hydroxylation sites is 1. The topological polar surface area (TPSA) is 78.9 Å². The van der Waals surface area contributed by atoms with Crippen LogP contribution in [0.25, 0.3) is 11.5 Å². The Morgan fingerprint density at radius 2 is 1.78 bits per heavy atom. The SMILES string of the molecule is CC(C)CCn1c(COc2ccccc2)nnc1SCc1nnc(-c2ccc(Br)cc2)o1. The fraction of sp³-hybridized carbons (Fsp3) is 0.304. The van der Waals surface area contributed by atoms with Gasteiger partial charge in [0.15, 0.2) is 11.0 Å². The van der Waals surface area contributed by atoms with Crippen LogP contribution in [0.1, 0.15) is 32.0 Å². The lowest BCUT2D eigenvalue weighted by atomic mass is 10.1. The predicted molar refractivity (Wildman–Crippen MR) is 127 cm³/mol. The number of ether oxygens (including phenoxy) is 1. The lowest BCUT2D eigenvalue weighted by Gasteiger charge is -2.12. The first-order valence-corrected chi connectivity index (χ1v) is 12.2. The molecule has 32 heavy (non-hydrogen) atoms. The molecule has 0 spiro atoms. The van der Waals surface area contributed by atoms with E-state index in [0.29, 0.717) is 30.1 Å². The van der Waals surface area contributed by atoms with Crippen molar-refractivity contribution in [1.82, 2.24) is 25.0 Å². The summed E-state index contributed by atoms with van der Waals surface area (Å²) >= 11 is 4.97. The molecule has 0 saturated carbocycles. The molecule has 0 N–H and O–H groups in total. The highest BCUT2D eigenvalue weighted by atomic mass is 79.9. The summed E-state index contributed by atoms with van der Waals surface area (Å²) in [6, 6.07) is 17.5. The zero-order valence-electron chi connectivity index (χ0n) is 17.9. The molecule has 0 aliphatic heterocycles. The van der Waals surface area contributed by atoms with Gasteiger partial charge in [-0.05, 0) is 48.7 Å². The van der Waals surface area contributed by atoms with Crippen LogP contribution in [-0.4, -0.2) is 25.0 Å². The van der Waals surface area contributed by atoms with Crippen molar-refractivity contribution in [3.63, 3.8) is 0 Å². The van der Waals surface area contributed by atoms with Crippen LogP contribution in [0.2, 0.25) is 0 Å². The number of rotatable bonds is 10. The second-order valence-corrected chi connectivity index (χ2v) is 9.49. The number of benzene rings is 2. The molecule has 2 heterocycles. The Hall–Kier alpha value is -2.65. The summed E-state index contributed by atoms with van der Waals surface area (Å²) in [5.41, 5.74) is 0.886. The fourth-order valence-electron chi connectivity index (χ4n) is 2.96. The van der Waals surface area contributed by atoms with Crippen LogP contribution in [0.5, 0.6) is 5.75 Å². The summed E-state index contributed by atoms with van der Waals surface area (Å²) in [5.74, 6) is 3.76. The van der Waals surface area contributed by atoms with E-state index in [9.17, 15) is 0 Å². The Morgan fingerprint density at radius 1 is 1.00 bits per heavy atom. The summed E-state index contributed by atoms with van der Waals surface area (Å²) in [4.78, 5) is 0. The van der Waals surface area contributed by atoms with E-state index in [0.717, 1.165) is 39.7 Å². The average molecular weight is 514 g/mol. The summed E-state index contributed by atoms with van der Waals surface area (Å²) in [5, 5.41) is 18.0. The van der Waals surface area contributed by atoms with Crippen molar-refractivity contribution in [3.8, 4) is 17.2 Å². The van der Waals surface area contributed by atoms with Crippen LogP contribution in [0.4, 0.5) is 0 Å². The molecule has 0 bridgehead atoms. The van der Waals surface area contributed by atoms with Crippen LogP contribution in [0.15, 0.2) is 68.6 Å². The average Bonchev–Trinajstić information content (AvgIpc) is 3.43. The number of aromatic nitrogens is 5. The van der Waals surface area contributed by atoms with Gasteiger partial charge in [0.05, 0.1) is 5.75 Å². The van der Waals surface area contributed by atoms with Gasteiger partial charge in [-0.1, -0.05) is 59.7 Å². The van der Waals surface area contributed by atoms with Gasteiger partial charge in [0.1, 0.15) is 12.4 Å². The number of hydrogen-bond acceptors (Lipinski definition) is 7. The molecule has 0 aliphatic carbocycles. The van der Waals surface area contributed by atoms with Crippen molar-refractivity contribution in [2.75, 3.05) is 0 Å². The molecule has 2 aromatic carbocycles. The molecule has 0 aliphatic rings. The smallest absolute Gasteiger partial charge is 0.247 e. The van der Waals surface area contributed by atoms with Crippen LogP contribution < -0.4 is 4.74 Å². The quantitative estimate of drug-likeness (QED) is 0.240. The molecule has 0 fully saturated rings. The van der Waals surface area contributed by atoms with Crippen molar-refractivity contribution < 1.29 is 9.15 Å². The van der Waals surface area contributed by atoms with Gasteiger partial charge >= 0.3 is 0 Å². The Balaban J connectivity index is 1.44. The normalized spacial score (nSPS) is 11.2. The third-order valence-electron chi connectivity index (χ3n) is 4.72. The van der Waals surface area contributed by atoms with Crippen LogP contribution in [0.3, 0.4) is 0 Å². The van der Waals surface area contributed by atoms with E-state index < -0.39 is 0 Å². The monoisotopic (exact) mass is 513 g/mol. The molecular weight excluding hydrogens is 490 g/mol. The second-order valence-electron chi connectivity index (χ2n) is 7.63. The first-order chi connectivity index (χ1) is 15.6. The minimum Gasteiger partial charge on any atom is -0.486 e. The zero-order valence-corrected chi connectivity index (χ0v) is 20.3. The summed E-state index contributed by atoms with van der Waals surface area (Å²) in [6.07, 6.45) is 1.03. The minimum atomic E-state index is 0.365. The van der Waals surface area contributed by atoms with Crippen molar-refractivity contribution >= 4 is 27.7 Å². The van der Waals surface area contributed by atoms with E-state index >= 15 is 0 Å².